The van der Waals surface area contributed by atoms with E-state index in [1.165, 1.54) is 10.4 Å². The van der Waals surface area contributed by atoms with Crippen LogP contribution in [0.1, 0.15) is 22.4 Å². The molecule has 1 heterocycles. The number of aromatic nitrogens is 1. The van der Waals surface area contributed by atoms with Crippen LogP contribution in [0.5, 0.6) is 0 Å². The average molecular weight is 374 g/mol. The predicted octanol–water partition coefficient (Wildman–Crippen LogP) is 1.91. The van der Waals surface area contributed by atoms with Crippen molar-refractivity contribution in [3.05, 3.63) is 52.0 Å². The summed E-state index contributed by atoms with van der Waals surface area (Å²) in [5.41, 5.74) is 1.21. The number of carbonyl (C=O) groups excluding carboxylic acids is 1. The van der Waals surface area contributed by atoms with E-state index in [1.807, 2.05) is 31.3 Å². The summed E-state index contributed by atoms with van der Waals surface area (Å²) in [6.07, 6.45) is 3.55. The van der Waals surface area contributed by atoms with Crippen LogP contribution in [-0.2, 0) is 17.6 Å². The minimum absolute atomic E-state index is 0.0753. The molecule has 26 heavy (non-hydrogen) atoms. The van der Waals surface area contributed by atoms with Crippen molar-refractivity contribution in [1.82, 2.24) is 20.9 Å². The highest BCUT2D eigenvalue weighted by Crippen LogP contribution is 2.10. The van der Waals surface area contributed by atoms with Crippen molar-refractivity contribution in [2.24, 2.45) is 4.99 Å². The molecule has 0 unspecified atom stereocenters. The monoisotopic (exact) mass is 373 g/mol. The third kappa shape index (κ3) is 7.65. The Labute approximate surface area is 159 Å². The van der Waals surface area contributed by atoms with Crippen LogP contribution >= 0.6 is 11.3 Å². The van der Waals surface area contributed by atoms with E-state index in [1.54, 1.807) is 11.3 Å². The highest BCUT2D eigenvalue weighted by atomic mass is 32.1. The number of aliphatic imine (C=N–C) groups is 1. The van der Waals surface area contributed by atoms with Gasteiger partial charge in [0.1, 0.15) is 6.54 Å². The lowest BCUT2D eigenvalue weighted by atomic mass is 10.1. The largest absolute Gasteiger partial charge is 0.357 e. The molecule has 0 fully saturated rings. The van der Waals surface area contributed by atoms with E-state index in [0.29, 0.717) is 12.5 Å². The summed E-state index contributed by atoms with van der Waals surface area (Å²) >= 11 is 1.70. The molecule has 7 heteroatoms. The summed E-state index contributed by atoms with van der Waals surface area (Å²) < 4.78 is 0. The molecule has 2 rings (SSSR count). The average Bonchev–Trinajstić information content (AvgIpc) is 3.06. The van der Waals surface area contributed by atoms with Crippen molar-refractivity contribution >= 4 is 23.2 Å². The van der Waals surface area contributed by atoms with Crippen LogP contribution in [-0.4, -0.2) is 43.0 Å². The standard InChI is InChI=1S/C19H27N5OS/c1-3-20-19(22-12-10-18-23-13-15(2)26-18)24-14-17(25)21-11-9-16-7-5-4-6-8-16/h4-8,13H,3,9-12,14H2,1-2H3,(H,21,25)(H2,20,22,24). The fourth-order valence-electron chi connectivity index (χ4n) is 2.34. The van der Waals surface area contributed by atoms with Crippen molar-refractivity contribution in [3.8, 4) is 0 Å². The van der Waals surface area contributed by atoms with Crippen molar-refractivity contribution in [1.29, 1.82) is 0 Å². The normalized spacial score (nSPS) is 11.2. The molecule has 1 aromatic carbocycles. The van der Waals surface area contributed by atoms with Crippen molar-refractivity contribution in [2.75, 3.05) is 26.2 Å². The van der Waals surface area contributed by atoms with Gasteiger partial charge in [0.05, 0.1) is 5.01 Å². The Morgan fingerprint density at radius 3 is 2.58 bits per heavy atom. The SMILES string of the molecule is CCNC(=NCC(=O)NCCc1ccccc1)NCCc1ncc(C)s1. The maximum Gasteiger partial charge on any atom is 0.241 e. The van der Waals surface area contributed by atoms with E-state index in [0.717, 1.165) is 30.9 Å². The highest BCUT2D eigenvalue weighted by Gasteiger charge is 2.03. The molecule has 2 aromatic rings. The number of benzene rings is 1. The number of nitrogens with one attached hydrogen (secondary N) is 3. The second kappa shape index (κ2) is 11.3. The number of hydrogen-bond acceptors (Lipinski definition) is 4. The maximum atomic E-state index is 12.0. The van der Waals surface area contributed by atoms with Crippen molar-refractivity contribution in [2.45, 2.75) is 26.7 Å². The molecule has 1 amide bonds. The summed E-state index contributed by atoms with van der Waals surface area (Å²) in [5, 5.41) is 10.4. The van der Waals surface area contributed by atoms with Crippen LogP contribution in [0.2, 0.25) is 0 Å². The molecule has 0 radical (unpaired) electrons. The van der Waals surface area contributed by atoms with E-state index < -0.39 is 0 Å². The first kappa shape index (κ1) is 19.9. The van der Waals surface area contributed by atoms with Gasteiger partial charge in [-0.3, -0.25) is 4.79 Å². The molecule has 0 saturated carbocycles. The van der Waals surface area contributed by atoms with E-state index in [9.17, 15) is 4.79 Å². The van der Waals surface area contributed by atoms with Crippen LogP contribution in [0.3, 0.4) is 0 Å². The Bertz CT molecular complexity index is 699. The Morgan fingerprint density at radius 2 is 1.88 bits per heavy atom. The Kier molecular flexibility index (Phi) is 8.62. The predicted molar refractivity (Wildman–Crippen MR) is 108 cm³/mol. The van der Waals surface area contributed by atoms with E-state index in [-0.39, 0.29) is 12.5 Å². The van der Waals surface area contributed by atoms with E-state index in [4.69, 9.17) is 0 Å². The van der Waals surface area contributed by atoms with Crippen LogP contribution in [0.15, 0.2) is 41.5 Å². The van der Waals surface area contributed by atoms with Gasteiger partial charge in [0.25, 0.3) is 0 Å². The number of carbonyl (C=O) groups is 1. The smallest absolute Gasteiger partial charge is 0.241 e. The second-order valence-corrected chi connectivity index (χ2v) is 7.14. The third-order valence-electron chi connectivity index (χ3n) is 3.60. The summed E-state index contributed by atoms with van der Waals surface area (Å²) in [5.74, 6) is 0.577. The third-order valence-corrected chi connectivity index (χ3v) is 4.58. The number of rotatable bonds is 9. The number of nitrogens with zero attached hydrogens (tertiary/aromatic N) is 2. The Hall–Kier alpha value is -2.41. The molecule has 1 aromatic heterocycles. The first-order valence-corrected chi connectivity index (χ1v) is 9.73. The van der Waals surface area contributed by atoms with Gasteiger partial charge in [-0.05, 0) is 25.8 Å². The molecule has 0 aliphatic heterocycles. The fraction of sp³-hybridized carbons (Fsp3) is 0.421. The zero-order valence-corrected chi connectivity index (χ0v) is 16.2. The first-order valence-electron chi connectivity index (χ1n) is 8.91. The quantitative estimate of drug-likeness (QED) is 0.463. The minimum atomic E-state index is -0.0753. The van der Waals surface area contributed by atoms with Crippen molar-refractivity contribution in [3.63, 3.8) is 0 Å². The number of thiazole rings is 1. The topological polar surface area (TPSA) is 78.4 Å². The molecule has 3 N–H and O–H groups in total. The van der Waals surface area contributed by atoms with Crippen molar-refractivity contribution < 1.29 is 4.79 Å². The van der Waals surface area contributed by atoms with Gasteiger partial charge < -0.3 is 16.0 Å². The molecule has 0 aliphatic rings. The van der Waals surface area contributed by atoms with E-state index >= 15 is 0 Å². The summed E-state index contributed by atoms with van der Waals surface area (Å²) in [6.45, 7) is 6.26. The van der Waals surface area contributed by atoms with Gasteiger partial charge in [-0.25, -0.2) is 9.98 Å². The van der Waals surface area contributed by atoms with Gasteiger partial charge in [0, 0.05) is 37.1 Å². The van der Waals surface area contributed by atoms with Gasteiger partial charge in [-0.1, -0.05) is 30.3 Å². The van der Waals surface area contributed by atoms with Crippen LogP contribution in [0, 0.1) is 6.92 Å². The number of guanidine groups is 1. The fourth-order valence-corrected chi connectivity index (χ4v) is 3.13. The summed E-state index contributed by atoms with van der Waals surface area (Å²) in [6, 6.07) is 10.1. The Balaban J connectivity index is 1.69. The van der Waals surface area contributed by atoms with Gasteiger partial charge in [0.15, 0.2) is 5.96 Å². The number of aryl methyl sites for hydroxylation is 1. The van der Waals surface area contributed by atoms with Gasteiger partial charge >= 0.3 is 0 Å². The minimum Gasteiger partial charge on any atom is -0.357 e. The van der Waals surface area contributed by atoms with Gasteiger partial charge in [0.2, 0.25) is 5.91 Å². The van der Waals surface area contributed by atoms with Gasteiger partial charge in [-0.15, -0.1) is 11.3 Å². The van der Waals surface area contributed by atoms with Crippen LogP contribution in [0.25, 0.3) is 0 Å². The number of amides is 1. The molecular weight excluding hydrogens is 346 g/mol. The lowest BCUT2D eigenvalue weighted by molar-refractivity contribution is -0.119. The highest BCUT2D eigenvalue weighted by molar-refractivity contribution is 7.11. The molecule has 0 saturated heterocycles. The zero-order valence-electron chi connectivity index (χ0n) is 15.4. The second-order valence-electron chi connectivity index (χ2n) is 5.82. The molecule has 0 spiro atoms. The first-order chi connectivity index (χ1) is 12.7. The van der Waals surface area contributed by atoms with Gasteiger partial charge in [-0.2, -0.15) is 0 Å². The summed E-state index contributed by atoms with van der Waals surface area (Å²) in [4.78, 5) is 21.9. The molecule has 0 atom stereocenters. The molecule has 6 nitrogen and oxygen atoms in total. The molecule has 0 bridgehead atoms. The van der Waals surface area contributed by atoms with E-state index in [2.05, 4.69) is 45.0 Å². The zero-order chi connectivity index (χ0) is 18.6. The maximum absolute atomic E-state index is 12.0. The molecular formula is C19H27N5OS. The lowest BCUT2D eigenvalue weighted by Gasteiger charge is -2.10. The number of hydrogen-bond donors (Lipinski definition) is 3. The lowest BCUT2D eigenvalue weighted by Crippen LogP contribution is -2.39. The molecule has 140 valence electrons. The van der Waals surface area contributed by atoms with Crippen LogP contribution < -0.4 is 16.0 Å². The van der Waals surface area contributed by atoms with Crippen LogP contribution in [0.4, 0.5) is 0 Å². The summed E-state index contributed by atoms with van der Waals surface area (Å²) in [7, 11) is 0. The molecule has 0 aliphatic carbocycles. The Morgan fingerprint density at radius 1 is 1.12 bits per heavy atom.